The number of nitrogens with one attached hydrogen (secondary N) is 1. The number of hydrogen-bond acceptors (Lipinski definition) is 2. The smallest absolute Gasteiger partial charge is 0.368 e. The Balaban J connectivity index is 2.33. The van der Waals surface area contributed by atoms with E-state index in [1.165, 1.54) is 6.07 Å². The average molecular weight is 300 g/mol. The zero-order valence-corrected chi connectivity index (χ0v) is 13.0. The maximum atomic E-state index is 12.9. The number of aryl methyl sites for hydroxylation is 1. The van der Waals surface area contributed by atoms with Crippen molar-refractivity contribution in [2.75, 3.05) is 18.5 Å². The van der Waals surface area contributed by atoms with E-state index in [0.717, 1.165) is 24.6 Å². The van der Waals surface area contributed by atoms with Crippen molar-refractivity contribution in [1.29, 1.82) is 0 Å². The van der Waals surface area contributed by atoms with Crippen molar-refractivity contribution in [3.63, 3.8) is 0 Å². The van der Waals surface area contributed by atoms with Crippen LogP contribution in [-0.2, 0) is 6.18 Å². The fourth-order valence-electron chi connectivity index (χ4n) is 3.21. The van der Waals surface area contributed by atoms with Crippen LogP contribution in [0.25, 0.3) is 0 Å². The van der Waals surface area contributed by atoms with E-state index < -0.39 is 11.7 Å². The molecule has 1 aromatic rings. The summed E-state index contributed by atoms with van der Waals surface area (Å²) in [6.07, 6.45) is -3.35. The highest BCUT2D eigenvalue weighted by Gasteiger charge is 2.35. The summed E-state index contributed by atoms with van der Waals surface area (Å²) in [6, 6.07) is 4.64. The molecule has 0 saturated carbocycles. The molecule has 21 heavy (non-hydrogen) atoms. The molecule has 118 valence electrons. The third-order valence-corrected chi connectivity index (χ3v) is 4.78. The Hall–Kier alpha value is -1.23. The zero-order valence-electron chi connectivity index (χ0n) is 13.0. The zero-order chi connectivity index (χ0) is 15.8. The number of nitrogens with zero attached hydrogens (tertiary/aromatic N) is 1. The van der Waals surface area contributed by atoms with E-state index in [2.05, 4.69) is 24.1 Å². The van der Waals surface area contributed by atoms with E-state index in [-0.39, 0.29) is 6.04 Å². The van der Waals surface area contributed by atoms with Crippen LogP contribution in [0.2, 0.25) is 0 Å². The molecule has 1 saturated heterocycles. The van der Waals surface area contributed by atoms with E-state index in [1.54, 1.807) is 6.07 Å². The fourth-order valence-corrected chi connectivity index (χ4v) is 3.21. The number of hydrogen-bond donors (Lipinski definition) is 1. The number of halogens is 3. The number of benzene rings is 1. The van der Waals surface area contributed by atoms with Gasteiger partial charge in [0.05, 0.1) is 5.56 Å². The van der Waals surface area contributed by atoms with Gasteiger partial charge >= 0.3 is 6.18 Å². The first kappa shape index (κ1) is 16.1. The predicted molar refractivity (Wildman–Crippen MR) is 79.6 cm³/mol. The maximum absolute atomic E-state index is 12.9. The van der Waals surface area contributed by atoms with E-state index >= 15 is 0 Å². The first-order chi connectivity index (χ1) is 9.75. The lowest BCUT2D eigenvalue weighted by Crippen LogP contribution is -2.53. The molecule has 0 radical (unpaired) electrons. The van der Waals surface area contributed by atoms with Crippen molar-refractivity contribution in [2.24, 2.45) is 5.92 Å². The van der Waals surface area contributed by atoms with Crippen LogP contribution in [0.3, 0.4) is 0 Å². The van der Waals surface area contributed by atoms with Crippen LogP contribution in [0, 0.1) is 12.8 Å². The van der Waals surface area contributed by atoms with Crippen LogP contribution in [0.4, 0.5) is 18.9 Å². The van der Waals surface area contributed by atoms with E-state index in [1.807, 2.05) is 14.0 Å². The van der Waals surface area contributed by atoms with Gasteiger partial charge in [-0.15, -0.1) is 0 Å². The minimum atomic E-state index is -4.29. The Morgan fingerprint density at radius 2 is 1.90 bits per heavy atom. The Labute approximate surface area is 124 Å². The van der Waals surface area contributed by atoms with Gasteiger partial charge in [-0.25, -0.2) is 0 Å². The van der Waals surface area contributed by atoms with Gasteiger partial charge < -0.3 is 10.2 Å². The number of rotatable bonds is 2. The number of anilines is 1. The average Bonchev–Trinajstić information content (AvgIpc) is 2.41. The Kier molecular flexibility index (Phi) is 4.51. The van der Waals surface area contributed by atoms with Crippen LogP contribution >= 0.6 is 0 Å². The lowest BCUT2D eigenvalue weighted by molar-refractivity contribution is -0.137. The largest absolute Gasteiger partial charge is 0.416 e. The standard InChI is InChI=1S/C16H23F3N2/c1-10-5-6-13(16(17,18)19)9-15(10)21-8-7-14(20-4)11(2)12(21)3/h5-6,9,11-12,14,20H,7-8H2,1-4H3. The van der Waals surface area contributed by atoms with Gasteiger partial charge in [0.2, 0.25) is 0 Å². The molecule has 3 atom stereocenters. The molecule has 2 rings (SSSR count). The topological polar surface area (TPSA) is 15.3 Å². The second-order valence-electron chi connectivity index (χ2n) is 5.98. The lowest BCUT2D eigenvalue weighted by Gasteiger charge is -2.44. The number of alkyl halides is 3. The van der Waals surface area contributed by atoms with Gasteiger partial charge in [-0.2, -0.15) is 13.2 Å². The third-order valence-electron chi connectivity index (χ3n) is 4.78. The van der Waals surface area contributed by atoms with Crippen molar-refractivity contribution in [3.05, 3.63) is 29.3 Å². The van der Waals surface area contributed by atoms with Crippen molar-refractivity contribution in [2.45, 2.75) is 45.5 Å². The normalized spacial score (nSPS) is 27.0. The molecule has 0 aromatic heterocycles. The van der Waals surface area contributed by atoms with Crippen molar-refractivity contribution >= 4 is 5.69 Å². The summed E-state index contributed by atoms with van der Waals surface area (Å²) in [7, 11) is 1.94. The van der Waals surface area contributed by atoms with Crippen LogP contribution < -0.4 is 10.2 Å². The Morgan fingerprint density at radius 3 is 2.48 bits per heavy atom. The second-order valence-corrected chi connectivity index (χ2v) is 5.98. The molecule has 1 fully saturated rings. The van der Waals surface area contributed by atoms with Crippen molar-refractivity contribution in [3.8, 4) is 0 Å². The van der Waals surface area contributed by atoms with E-state index in [4.69, 9.17) is 0 Å². The molecule has 1 aliphatic heterocycles. The summed E-state index contributed by atoms with van der Waals surface area (Å²) in [5, 5.41) is 3.30. The van der Waals surface area contributed by atoms with Gasteiger partial charge in [0.1, 0.15) is 0 Å². The van der Waals surface area contributed by atoms with Gasteiger partial charge in [0, 0.05) is 24.3 Å². The summed E-state index contributed by atoms with van der Waals surface area (Å²) in [6.45, 7) is 6.89. The SMILES string of the molecule is CNC1CCN(c2cc(C(F)(F)F)ccc2C)C(C)C1C. The fraction of sp³-hybridized carbons (Fsp3) is 0.625. The van der Waals surface area contributed by atoms with Gasteiger partial charge in [-0.3, -0.25) is 0 Å². The number of piperidine rings is 1. The molecular formula is C16H23F3N2. The lowest BCUT2D eigenvalue weighted by atomic mass is 9.86. The van der Waals surface area contributed by atoms with Gasteiger partial charge in [-0.1, -0.05) is 13.0 Å². The summed E-state index contributed by atoms with van der Waals surface area (Å²) in [5.41, 5.74) is 1.03. The molecule has 5 heteroatoms. The van der Waals surface area contributed by atoms with Crippen LogP contribution in [0.1, 0.15) is 31.4 Å². The Bertz CT molecular complexity index is 499. The molecule has 1 N–H and O–H groups in total. The van der Waals surface area contributed by atoms with Crippen molar-refractivity contribution in [1.82, 2.24) is 5.32 Å². The minimum absolute atomic E-state index is 0.207. The first-order valence-corrected chi connectivity index (χ1v) is 7.37. The van der Waals surface area contributed by atoms with Crippen LogP contribution in [-0.4, -0.2) is 25.7 Å². The van der Waals surface area contributed by atoms with E-state index in [0.29, 0.717) is 17.6 Å². The summed E-state index contributed by atoms with van der Waals surface area (Å²) < 4.78 is 38.8. The molecule has 0 amide bonds. The molecule has 3 unspecified atom stereocenters. The van der Waals surface area contributed by atoms with E-state index in [9.17, 15) is 13.2 Å². The van der Waals surface area contributed by atoms with Gasteiger partial charge in [0.25, 0.3) is 0 Å². The van der Waals surface area contributed by atoms with Crippen LogP contribution in [0.15, 0.2) is 18.2 Å². The molecule has 0 aliphatic carbocycles. The highest BCUT2D eigenvalue weighted by atomic mass is 19.4. The maximum Gasteiger partial charge on any atom is 0.416 e. The second kappa shape index (κ2) is 5.87. The molecule has 1 aromatic carbocycles. The summed E-state index contributed by atoms with van der Waals surface area (Å²) in [5.74, 6) is 0.387. The quantitative estimate of drug-likeness (QED) is 0.893. The highest BCUT2D eigenvalue weighted by Crippen LogP contribution is 2.36. The molecule has 1 heterocycles. The highest BCUT2D eigenvalue weighted by molar-refractivity contribution is 5.56. The Morgan fingerprint density at radius 1 is 1.24 bits per heavy atom. The van der Waals surface area contributed by atoms with Gasteiger partial charge in [0.15, 0.2) is 0 Å². The monoisotopic (exact) mass is 300 g/mol. The summed E-state index contributed by atoms with van der Waals surface area (Å²) in [4.78, 5) is 2.11. The molecule has 0 bridgehead atoms. The van der Waals surface area contributed by atoms with Crippen molar-refractivity contribution < 1.29 is 13.2 Å². The summed E-state index contributed by atoms with van der Waals surface area (Å²) >= 11 is 0. The first-order valence-electron chi connectivity index (χ1n) is 7.37. The minimum Gasteiger partial charge on any atom is -0.368 e. The van der Waals surface area contributed by atoms with Gasteiger partial charge in [-0.05, 0) is 50.9 Å². The molecule has 0 spiro atoms. The predicted octanol–water partition coefficient (Wildman–Crippen LogP) is 3.84. The molecule has 2 nitrogen and oxygen atoms in total. The molecular weight excluding hydrogens is 277 g/mol. The molecule has 1 aliphatic rings. The third kappa shape index (κ3) is 3.18. The van der Waals surface area contributed by atoms with Crippen LogP contribution in [0.5, 0.6) is 0 Å².